The molecule has 0 radical (unpaired) electrons. The van der Waals surface area contributed by atoms with Crippen LogP contribution >= 0.6 is 0 Å². The molecule has 3 heteroatoms. The lowest BCUT2D eigenvalue weighted by Crippen LogP contribution is -2.43. The Morgan fingerprint density at radius 3 is 2.63 bits per heavy atom. The molecule has 0 aromatic carbocycles. The van der Waals surface area contributed by atoms with Crippen molar-refractivity contribution in [1.82, 2.24) is 4.90 Å². The molecule has 2 N–H and O–H groups in total. The first kappa shape index (κ1) is 14.8. The van der Waals surface area contributed by atoms with E-state index in [1.54, 1.807) is 0 Å². The Kier molecular flexibility index (Phi) is 5.24. The topological polar surface area (TPSA) is 53.0 Å². The fourth-order valence-electron chi connectivity index (χ4n) is 3.90. The molecule has 0 bridgehead atoms. The predicted molar refractivity (Wildman–Crippen MR) is 78.6 cm³/mol. The summed E-state index contributed by atoms with van der Waals surface area (Å²) in [5.41, 5.74) is 5.67. The number of nitrogens with two attached hydrogens (primary N) is 1. The largest absolute Gasteiger partial charge is 0.313 e. The van der Waals surface area contributed by atoms with Gasteiger partial charge in [0, 0.05) is 0 Å². The molecule has 0 aromatic rings. The average Bonchev–Trinajstić information content (AvgIpc) is 2.80. The third kappa shape index (κ3) is 3.70. The smallest absolute Gasteiger partial charge is 0.107 e. The molecule has 1 heterocycles. The first-order chi connectivity index (χ1) is 9.18. The van der Waals surface area contributed by atoms with Gasteiger partial charge in [0.2, 0.25) is 0 Å². The Labute approximate surface area is 118 Å². The van der Waals surface area contributed by atoms with E-state index in [9.17, 15) is 5.26 Å². The van der Waals surface area contributed by atoms with E-state index in [0.29, 0.717) is 5.92 Å². The van der Waals surface area contributed by atoms with Crippen molar-refractivity contribution in [3.8, 4) is 6.07 Å². The maximum absolute atomic E-state index is 9.24. The van der Waals surface area contributed by atoms with Gasteiger partial charge >= 0.3 is 0 Å². The summed E-state index contributed by atoms with van der Waals surface area (Å²) in [4.78, 5) is 2.59. The minimum atomic E-state index is -0.527. The van der Waals surface area contributed by atoms with Crippen molar-refractivity contribution in [2.75, 3.05) is 19.6 Å². The summed E-state index contributed by atoms with van der Waals surface area (Å²) in [6, 6.07) is 2.36. The van der Waals surface area contributed by atoms with E-state index in [1.807, 2.05) is 0 Å². The molecule has 0 aromatic heterocycles. The zero-order valence-corrected chi connectivity index (χ0v) is 12.4. The molecule has 2 aliphatic rings. The van der Waals surface area contributed by atoms with Crippen LogP contribution < -0.4 is 5.73 Å². The highest BCUT2D eigenvalue weighted by molar-refractivity contribution is 5.11. The number of piperidine rings is 1. The molecule has 2 rings (SSSR count). The highest BCUT2D eigenvalue weighted by atomic mass is 15.1. The van der Waals surface area contributed by atoms with Crippen LogP contribution in [-0.4, -0.2) is 30.1 Å². The second-order valence-electron chi connectivity index (χ2n) is 6.60. The normalized spacial score (nSPS) is 33.4. The van der Waals surface area contributed by atoms with E-state index in [-0.39, 0.29) is 0 Å². The lowest BCUT2D eigenvalue weighted by atomic mass is 9.86. The second-order valence-corrected chi connectivity index (χ2v) is 6.60. The Morgan fingerprint density at radius 2 is 2.00 bits per heavy atom. The number of rotatable bonds is 5. The van der Waals surface area contributed by atoms with Crippen molar-refractivity contribution in [2.24, 2.45) is 17.6 Å². The maximum atomic E-state index is 9.24. The summed E-state index contributed by atoms with van der Waals surface area (Å²) >= 11 is 0. The van der Waals surface area contributed by atoms with Crippen LogP contribution in [0.25, 0.3) is 0 Å². The molecule has 2 atom stereocenters. The van der Waals surface area contributed by atoms with Gasteiger partial charge in [0.05, 0.1) is 6.07 Å². The van der Waals surface area contributed by atoms with Crippen LogP contribution in [0, 0.1) is 23.2 Å². The monoisotopic (exact) mass is 263 g/mol. The second kappa shape index (κ2) is 6.72. The highest BCUT2D eigenvalue weighted by Crippen LogP contribution is 2.36. The summed E-state index contributed by atoms with van der Waals surface area (Å²) in [7, 11) is 0. The van der Waals surface area contributed by atoms with Crippen LogP contribution in [0.1, 0.15) is 58.3 Å². The van der Waals surface area contributed by atoms with E-state index < -0.39 is 5.54 Å². The molecule has 1 aliphatic heterocycles. The van der Waals surface area contributed by atoms with Crippen molar-refractivity contribution in [3.05, 3.63) is 0 Å². The first-order valence-corrected chi connectivity index (χ1v) is 8.10. The van der Waals surface area contributed by atoms with Crippen molar-refractivity contribution in [3.63, 3.8) is 0 Å². The molecule has 3 nitrogen and oxygen atoms in total. The molecule has 2 unspecified atom stereocenters. The molecule has 2 fully saturated rings. The standard InChI is InChI=1S/C16H29N3/c1-2-4-14-6-10-19(11-7-14)12-8-15-5-3-9-16(15,18)13-17/h14-15H,2-12,18H2,1H3. The van der Waals surface area contributed by atoms with E-state index in [0.717, 1.165) is 38.1 Å². The third-order valence-electron chi connectivity index (χ3n) is 5.28. The SMILES string of the molecule is CCCC1CCN(CCC2CCCC2(N)C#N)CC1. The molecule has 108 valence electrons. The van der Waals surface area contributed by atoms with Crippen molar-refractivity contribution in [1.29, 1.82) is 5.26 Å². The van der Waals surface area contributed by atoms with Crippen molar-refractivity contribution >= 4 is 0 Å². The molecule has 1 saturated carbocycles. The summed E-state index contributed by atoms with van der Waals surface area (Å²) in [6.07, 6.45) is 9.75. The van der Waals surface area contributed by atoms with Crippen LogP contribution in [0.5, 0.6) is 0 Å². The lowest BCUT2D eigenvalue weighted by Gasteiger charge is -2.33. The Morgan fingerprint density at radius 1 is 1.26 bits per heavy atom. The molecule has 1 saturated heterocycles. The number of hydrogen-bond donors (Lipinski definition) is 1. The van der Waals surface area contributed by atoms with Gasteiger partial charge in [-0.3, -0.25) is 0 Å². The van der Waals surface area contributed by atoms with Gasteiger partial charge in [0.25, 0.3) is 0 Å². The Bertz CT molecular complexity index is 314. The van der Waals surface area contributed by atoms with Crippen LogP contribution in [0.15, 0.2) is 0 Å². The van der Waals surface area contributed by atoms with Gasteiger partial charge in [-0.2, -0.15) is 5.26 Å². The molecular weight excluding hydrogens is 234 g/mol. The fourth-order valence-corrected chi connectivity index (χ4v) is 3.90. The van der Waals surface area contributed by atoms with Crippen molar-refractivity contribution in [2.45, 2.75) is 63.8 Å². The Hall–Kier alpha value is -0.590. The maximum Gasteiger partial charge on any atom is 0.107 e. The van der Waals surface area contributed by atoms with Crippen LogP contribution in [-0.2, 0) is 0 Å². The van der Waals surface area contributed by atoms with E-state index in [4.69, 9.17) is 5.73 Å². The minimum Gasteiger partial charge on any atom is -0.313 e. The molecule has 0 amide bonds. The van der Waals surface area contributed by atoms with Gasteiger partial charge in [-0.15, -0.1) is 0 Å². The van der Waals surface area contributed by atoms with Crippen LogP contribution in [0.4, 0.5) is 0 Å². The molecule has 1 aliphatic carbocycles. The minimum absolute atomic E-state index is 0.422. The number of nitriles is 1. The van der Waals surface area contributed by atoms with Gasteiger partial charge in [-0.05, 0) is 63.6 Å². The van der Waals surface area contributed by atoms with Crippen LogP contribution in [0.3, 0.4) is 0 Å². The Balaban J connectivity index is 1.71. The lowest BCUT2D eigenvalue weighted by molar-refractivity contribution is 0.164. The molecule has 19 heavy (non-hydrogen) atoms. The summed E-state index contributed by atoms with van der Waals surface area (Å²) in [5, 5.41) is 9.24. The number of hydrogen-bond acceptors (Lipinski definition) is 3. The number of likely N-dealkylation sites (tertiary alicyclic amines) is 1. The first-order valence-electron chi connectivity index (χ1n) is 8.10. The van der Waals surface area contributed by atoms with Gasteiger partial charge in [0.15, 0.2) is 0 Å². The third-order valence-corrected chi connectivity index (χ3v) is 5.28. The zero-order valence-electron chi connectivity index (χ0n) is 12.4. The fraction of sp³-hybridized carbons (Fsp3) is 0.938. The zero-order chi connectivity index (χ0) is 13.7. The number of nitrogens with zero attached hydrogens (tertiary/aromatic N) is 2. The predicted octanol–water partition coefficient (Wildman–Crippen LogP) is 2.91. The van der Waals surface area contributed by atoms with E-state index in [2.05, 4.69) is 17.9 Å². The van der Waals surface area contributed by atoms with Gasteiger partial charge < -0.3 is 10.6 Å². The quantitative estimate of drug-likeness (QED) is 0.829. The van der Waals surface area contributed by atoms with E-state index >= 15 is 0 Å². The summed E-state index contributed by atoms with van der Waals surface area (Å²) < 4.78 is 0. The van der Waals surface area contributed by atoms with Gasteiger partial charge in [-0.1, -0.05) is 26.2 Å². The van der Waals surface area contributed by atoms with Gasteiger partial charge in [-0.25, -0.2) is 0 Å². The molecular formula is C16H29N3. The van der Waals surface area contributed by atoms with E-state index in [1.165, 1.54) is 38.8 Å². The average molecular weight is 263 g/mol. The summed E-state index contributed by atoms with van der Waals surface area (Å²) in [6.45, 7) is 5.93. The van der Waals surface area contributed by atoms with Crippen molar-refractivity contribution < 1.29 is 0 Å². The molecule has 0 spiro atoms. The van der Waals surface area contributed by atoms with Gasteiger partial charge in [0.1, 0.15) is 5.54 Å². The highest BCUT2D eigenvalue weighted by Gasteiger charge is 2.39. The van der Waals surface area contributed by atoms with Crippen LogP contribution in [0.2, 0.25) is 0 Å². The summed E-state index contributed by atoms with van der Waals surface area (Å²) in [5.74, 6) is 1.38.